The third-order valence-corrected chi connectivity index (χ3v) is 10.9. The maximum absolute atomic E-state index is 14.0. The van der Waals surface area contributed by atoms with Crippen LogP contribution in [0.2, 0.25) is 0 Å². The van der Waals surface area contributed by atoms with Gasteiger partial charge in [-0.3, -0.25) is 4.79 Å². The molecule has 1 fully saturated rings. The minimum absolute atomic E-state index is 0.00897. The number of benzene rings is 3. The summed E-state index contributed by atoms with van der Waals surface area (Å²) in [7, 11) is -4.22. The Morgan fingerprint density at radius 1 is 0.980 bits per heavy atom. The second kappa shape index (κ2) is 18.7. The van der Waals surface area contributed by atoms with Crippen LogP contribution in [0.1, 0.15) is 83.9 Å². The van der Waals surface area contributed by atoms with Crippen molar-refractivity contribution >= 4 is 21.9 Å². The smallest absolute Gasteiger partial charge is 0.338 e. The second-order valence-corrected chi connectivity index (χ2v) is 14.9. The molecule has 1 amide bonds. The van der Waals surface area contributed by atoms with Crippen molar-refractivity contribution < 1.29 is 36.6 Å². The molecule has 0 radical (unpaired) electrons. The van der Waals surface area contributed by atoms with Crippen molar-refractivity contribution in [3.8, 4) is 0 Å². The number of rotatable bonds is 18. The molecule has 0 unspecified atom stereocenters. The van der Waals surface area contributed by atoms with Gasteiger partial charge in [-0.25, -0.2) is 22.0 Å². The molecule has 51 heavy (non-hydrogen) atoms. The number of carbonyl (C=O) groups excluding carboxylic acids is 2. The zero-order valence-corrected chi connectivity index (χ0v) is 30.4. The molecule has 0 aromatic heterocycles. The van der Waals surface area contributed by atoms with E-state index in [4.69, 9.17) is 10.5 Å². The fourth-order valence-corrected chi connectivity index (χ4v) is 8.16. The summed E-state index contributed by atoms with van der Waals surface area (Å²) in [6, 6.07) is 13.3. The number of hydrogen-bond donors (Lipinski definition) is 3. The minimum atomic E-state index is -4.22. The highest BCUT2D eigenvalue weighted by molar-refractivity contribution is 7.89. The molecule has 1 heterocycles. The third kappa shape index (κ3) is 10.6. The van der Waals surface area contributed by atoms with E-state index < -0.39 is 51.7 Å². The second-order valence-electron chi connectivity index (χ2n) is 13.0. The molecule has 4 rings (SSSR count). The summed E-state index contributed by atoms with van der Waals surface area (Å²) >= 11 is 0. The lowest BCUT2D eigenvalue weighted by molar-refractivity contribution is 0.0237. The molecule has 0 aliphatic carbocycles. The van der Waals surface area contributed by atoms with E-state index in [0.29, 0.717) is 45.3 Å². The number of halogens is 2. The molecule has 1 saturated heterocycles. The number of amides is 1. The highest BCUT2D eigenvalue weighted by atomic mass is 32.2. The molecular formula is C38H50F2N4O6S. The number of nitrogens with one attached hydrogen (secondary N) is 1. The predicted molar refractivity (Wildman–Crippen MR) is 192 cm³/mol. The van der Waals surface area contributed by atoms with Crippen LogP contribution >= 0.6 is 0 Å². The number of aliphatic hydroxyl groups is 1. The molecule has 4 N–H and O–H groups in total. The number of carbonyl (C=O) groups is 2. The average Bonchev–Trinajstić information content (AvgIpc) is 3.60. The maximum atomic E-state index is 14.0. The number of aliphatic hydroxyl groups excluding tert-OH is 1. The summed E-state index contributed by atoms with van der Waals surface area (Å²) in [6.07, 6.45) is 2.20. The molecular weight excluding hydrogens is 679 g/mol. The quantitative estimate of drug-likeness (QED) is 0.159. The molecule has 3 atom stereocenters. The van der Waals surface area contributed by atoms with Crippen molar-refractivity contribution in [2.24, 2.45) is 5.73 Å². The lowest BCUT2D eigenvalue weighted by Gasteiger charge is -2.26. The van der Waals surface area contributed by atoms with Crippen LogP contribution in [-0.4, -0.2) is 85.6 Å². The Labute approximate surface area is 300 Å². The van der Waals surface area contributed by atoms with Gasteiger partial charge in [-0.1, -0.05) is 45.0 Å². The Morgan fingerprint density at radius 3 is 2.29 bits per heavy atom. The van der Waals surface area contributed by atoms with Gasteiger partial charge in [-0.05, 0) is 85.5 Å². The number of aryl methyl sites for hydroxylation is 1. The first-order valence-electron chi connectivity index (χ1n) is 17.7. The Morgan fingerprint density at radius 2 is 1.65 bits per heavy atom. The number of ether oxygens (including phenoxy) is 1. The van der Waals surface area contributed by atoms with Crippen molar-refractivity contribution in [1.29, 1.82) is 0 Å². The van der Waals surface area contributed by atoms with Crippen LogP contribution in [0.15, 0.2) is 65.6 Å². The largest absolute Gasteiger partial charge is 0.456 e. The number of nitrogens with zero attached hydrogens (tertiary/aromatic N) is 2. The summed E-state index contributed by atoms with van der Waals surface area (Å²) in [5.41, 5.74) is 8.81. The highest BCUT2D eigenvalue weighted by Crippen LogP contribution is 2.28. The monoisotopic (exact) mass is 728 g/mol. The minimum Gasteiger partial charge on any atom is -0.456 e. The molecule has 3 aromatic carbocycles. The first-order chi connectivity index (χ1) is 24.4. The number of hydrogen-bond acceptors (Lipinski definition) is 8. The Bertz CT molecular complexity index is 1730. The van der Waals surface area contributed by atoms with E-state index in [1.807, 2.05) is 32.0 Å². The molecule has 0 bridgehead atoms. The molecule has 278 valence electrons. The maximum Gasteiger partial charge on any atom is 0.338 e. The van der Waals surface area contributed by atoms with E-state index in [0.717, 1.165) is 35.7 Å². The highest BCUT2D eigenvalue weighted by Gasteiger charge is 2.36. The van der Waals surface area contributed by atoms with Gasteiger partial charge in [-0.15, -0.1) is 0 Å². The van der Waals surface area contributed by atoms with Crippen molar-refractivity contribution in [1.82, 2.24) is 14.5 Å². The molecule has 1 aliphatic heterocycles. The zero-order chi connectivity index (χ0) is 37.1. The van der Waals surface area contributed by atoms with Gasteiger partial charge in [-0.2, -0.15) is 4.31 Å². The van der Waals surface area contributed by atoms with Gasteiger partial charge >= 0.3 is 5.97 Å². The Kier molecular flexibility index (Phi) is 14.6. The van der Waals surface area contributed by atoms with Crippen molar-refractivity contribution in [3.63, 3.8) is 0 Å². The van der Waals surface area contributed by atoms with Crippen LogP contribution in [0.4, 0.5) is 8.78 Å². The Hall–Kier alpha value is -3.75. The van der Waals surface area contributed by atoms with Gasteiger partial charge in [0.2, 0.25) is 10.0 Å². The lowest BCUT2D eigenvalue weighted by atomic mass is 10.0. The van der Waals surface area contributed by atoms with E-state index in [9.17, 15) is 31.9 Å². The molecule has 13 heteroatoms. The van der Waals surface area contributed by atoms with Gasteiger partial charge in [0.05, 0.1) is 17.1 Å². The van der Waals surface area contributed by atoms with Crippen LogP contribution < -0.4 is 11.1 Å². The fraction of sp³-hybridized carbons (Fsp3) is 0.474. The van der Waals surface area contributed by atoms with Crippen molar-refractivity contribution in [2.75, 3.05) is 32.8 Å². The van der Waals surface area contributed by atoms with Crippen LogP contribution in [0.3, 0.4) is 0 Å². The molecule has 10 nitrogen and oxygen atoms in total. The lowest BCUT2D eigenvalue weighted by Crippen LogP contribution is -2.46. The standard InChI is InChI=1S/C38H50F2N4O6S/c1-4-12-43(13-5-2)37(46)29-19-30(21-34(20-29)51(48,49)44-14-8-11-33(44)25-45)38(47)50-36(24-42-23-27-10-7-9-26(6-3)15-27)35(41)18-28-16-31(39)22-32(40)17-28/h7,9-10,15-17,19-22,33,35-36,42,45H,4-6,8,11-14,18,23-25,41H2,1-3H3/t33-,35-,36+/m0/s1. The predicted octanol–water partition coefficient (Wildman–Crippen LogP) is 4.82. The number of esters is 1. The zero-order valence-electron chi connectivity index (χ0n) is 29.6. The summed E-state index contributed by atoms with van der Waals surface area (Å²) < 4.78 is 63.1. The molecule has 0 saturated carbocycles. The molecule has 0 spiro atoms. The molecule has 3 aromatic rings. The Balaban J connectivity index is 1.69. The summed E-state index contributed by atoms with van der Waals surface area (Å²) in [5, 5.41) is 13.1. The normalized spacial score (nSPS) is 16.2. The van der Waals surface area contributed by atoms with Crippen LogP contribution in [0, 0.1) is 11.6 Å². The SMILES string of the molecule is CCCN(CCC)C(=O)c1cc(C(=O)O[C@H](CNCc2cccc(CC)c2)[C@@H](N)Cc2cc(F)cc(F)c2)cc(S(=O)(=O)N2CCC[C@H]2CO)c1. The summed E-state index contributed by atoms with van der Waals surface area (Å²) in [5.74, 6) is -2.88. The number of sulfonamides is 1. The van der Waals surface area contributed by atoms with E-state index in [1.54, 1.807) is 4.90 Å². The first-order valence-corrected chi connectivity index (χ1v) is 19.1. The van der Waals surface area contributed by atoms with Gasteiger partial charge in [0, 0.05) is 56.4 Å². The fourth-order valence-electron chi connectivity index (χ4n) is 6.41. The van der Waals surface area contributed by atoms with Crippen LogP contribution in [0.25, 0.3) is 0 Å². The van der Waals surface area contributed by atoms with E-state index in [2.05, 4.69) is 18.3 Å². The third-order valence-electron chi connectivity index (χ3n) is 9.01. The van der Waals surface area contributed by atoms with Crippen molar-refractivity contribution in [3.05, 3.63) is 100 Å². The summed E-state index contributed by atoms with van der Waals surface area (Å²) in [6.45, 7) is 7.09. The van der Waals surface area contributed by atoms with Gasteiger partial charge in [0.15, 0.2) is 0 Å². The van der Waals surface area contributed by atoms with E-state index in [1.165, 1.54) is 22.5 Å². The number of nitrogens with two attached hydrogens (primary N) is 1. The van der Waals surface area contributed by atoms with E-state index in [-0.39, 0.29) is 47.7 Å². The van der Waals surface area contributed by atoms with Gasteiger partial charge in [0.25, 0.3) is 5.91 Å². The van der Waals surface area contributed by atoms with Gasteiger partial charge < -0.3 is 25.8 Å². The van der Waals surface area contributed by atoms with Crippen molar-refractivity contribution in [2.45, 2.75) is 88.9 Å². The first kappa shape index (κ1) is 40.0. The van der Waals surface area contributed by atoms with Crippen LogP contribution in [-0.2, 0) is 34.1 Å². The van der Waals surface area contributed by atoms with Crippen LogP contribution in [0.5, 0.6) is 0 Å². The summed E-state index contributed by atoms with van der Waals surface area (Å²) in [4.78, 5) is 29.1. The average molecular weight is 729 g/mol. The van der Waals surface area contributed by atoms with Gasteiger partial charge in [0.1, 0.15) is 17.7 Å². The van der Waals surface area contributed by atoms with E-state index >= 15 is 0 Å². The topological polar surface area (TPSA) is 142 Å². The molecule has 1 aliphatic rings.